The molecule has 0 N–H and O–H groups in total. The van der Waals surface area contributed by atoms with E-state index in [0.29, 0.717) is 6.04 Å². The smallest absolute Gasteiger partial charge is 0.147 e. The fraction of sp³-hybridized carbons (Fsp3) is 0.381. The average molecular weight is 337 g/mol. The van der Waals surface area contributed by atoms with E-state index < -0.39 is 0 Å². The van der Waals surface area contributed by atoms with Gasteiger partial charge in [-0.1, -0.05) is 18.2 Å². The molecule has 1 aliphatic rings. The van der Waals surface area contributed by atoms with E-state index in [2.05, 4.69) is 40.6 Å². The van der Waals surface area contributed by atoms with Crippen LogP contribution >= 0.6 is 0 Å². The number of aryl methyl sites for hydroxylation is 3. The van der Waals surface area contributed by atoms with Crippen LogP contribution in [0.4, 0.5) is 4.39 Å². The number of likely N-dealkylation sites (N-methyl/N-ethyl adjacent to an activating group) is 1. The molecule has 1 atom stereocenters. The average Bonchev–Trinajstić information content (AvgIpc) is 2.89. The molecule has 0 saturated heterocycles. The van der Waals surface area contributed by atoms with Gasteiger partial charge in [-0.15, -0.1) is 0 Å². The standard InChI is InChI=1S/C21H24FN3/c1-14-7-8-16(12-23-14)9-10-25-20-11-15(2)24(3)13-18(20)17-5-4-6-19(22)21(17)25/h4-8,12,15H,9-11,13H2,1-3H3. The molecule has 0 bridgehead atoms. The van der Waals surface area contributed by atoms with Gasteiger partial charge in [-0.3, -0.25) is 9.88 Å². The van der Waals surface area contributed by atoms with Gasteiger partial charge in [0, 0.05) is 48.5 Å². The Bertz CT molecular complexity index is 911. The second-order valence-corrected chi connectivity index (χ2v) is 7.24. The summed E-state index contributed by atoms with van der Waals surface area (Å²) in [6.45, 7) is 5.90. The molecule has 0 aliphatic carbocycles. The number of aromatic nitrogens is 2. The Morgan fingerprint density at radius 3 is 2.84 bits per heavy atom. The van der Waals surface area contributed by atoms with E-state index in [1.165, 1.54) is 16.8 Å². The predicted molar refractivity (Wildman–Crippen MR) is 99.2 cm³/mol. The van der Waals surface area contributed by atoms with Crippen LogP contribution in [0.2, 0.25) is 0 Å². The van der Waals surface area contributed by atoms with Gasteiger partial charge in [0.25, 0.3) is 0 Å². The van der Waals surface area contributed by atoms with Crippen molar-refractivity contribution < 1.29 is 4.39 Å². The number of rotatable bonds is 3. The van der Waals surface area contributed by atoms with Crippen LogP contribution < -0.4 is 0 Å². The Morgan fingerprint density at radius 2 is 2.08 bits per heavy atom. The summed E-state index contributed by atoms with van der Waals surface area (Å²) >= 11 is 0. The third-order valence-corrected chi connectivity index (χ3v) is 5.50. The Hall–Kier alpha value is -2.20. The zero-order chi connectivity index (χ0) is 17.6. The van der Waals surface area contributed by atoms with Crippen molar-refractivity contribution in [3.8, 4) is 0 Å². The van der Waals surface area contributed by atoms with E-state index in [1.807, 2.05) is 25.3 Å². The summed E-state index contributed by atoms with van der Waals surface area (Å²) in [5, 5.41) is 1.07. The maximum Gasteiger partial charge on any atom is 0.147 e. The first-order chi connectivity index (χ1) is 12.0. The van der Waals surface area contributed by atoms with Crippen LogP contribution in [0.25, 0.3) is 10.9 Å². The molecule has 0 spiro atoms. The molecule has 0 amide bonds. The van der Waals surface area contributed by atoms with Crippen LogP contribution in [-0.4, -0.2) is 27.5 Å². The van der Waals surface area contributed by atoms with E-state index in [1.54, 1.807) is 6.07 Å². The molecule has 1 aromatic carbocycles. The summed E-state index contributed by atoms with van der Waals surface area (Å²) in [5.41, 5.74) is 5.56. The van der Waals surface area contributed by atoms with Gasteiger partial charge < -0.3 is 4.57 Å². The fourth-order valence-electron chi connectivity index (χ4n) is 3.87. The quantitative estimate of drug-likeness (QED) is 0.717. The third kappa shape index (κ3) is 2.85. The van der Waals surface area contributed by atoms with Gasteiger partial charge in [0.2, 0.25) is 0 Å². The van der Waals surface area contributed by atoms with E-state index in [4.69, 9.17) is 0 Å². The lowest BCUT2D eigenvalue weighted by molar-refractivity contribution is 0.228. The minimum atomic E-state index is -0.121. The Labute approximate surface area is 148 Å². The van der Waals surface area contributed by atoms with Crippen molar-refractivity contribution in [3.63, 3.8) is 0 Å². The minimum Gasteiger partial charge on any atom is -0.342 e. The van der Waals surface area contributed by atoms with Crippen LogP contribution in [0.3, 0.4) is 0 Å². The van der Waals surface area contributed by atoms with Gasteiger partial charge in [0.05, 0.1) is 5.52 Å². The lowest BCUT2D eigenvalue weighted by Gasteiger charge is -2.31. The second-order valence-electron chi connectivity index (χ2n) is 7.24. The number of para-hydroxylation sites is 1. The molecule has 0 fully saturated rings. The van der Waals surface area contributed by atoms with Gasteiger partial charge >= 0.3 is 0 Å². The number of hydrogen-bond donors (Lipinski definition) is 0. The van der Waals surface area contributed by atoms with Crippen LogP contribution in [0, 0.1) is 12.7 Å². The first kappa shape index (κ1) is 16.3. The lowest BCUT2D eigenvalue weighted by atomic mass is 10.00. The first-order valence-electron chi connectivity index (χ1n) is 8.95. The molecular formula is C21H24FN3. The number of hydrogen-bond acceptors (Lipinski definition) is 2. The summed E-state index contributed by atoms with van der Waals surface area (Å²) in [5.74, 6) is -0.121. The number of benzene rings is 1. The zero-order valence-corrected chi connectivity index (χ0v) is 15.1. The van der Waals surface area contributed by atoms with Crippen molar-refractivity contribution in [3.05, 3.63) is 64.9 Å². The third-order valence-electron chi connectivity index (χ3n) is 5.50. The SMILES string of the molecule is Cc1ccc(CCn2c3c(c4cccc(F)c42)CN(C)C(C)C3)cn1. The number of nitrogens with zero attached hydrogens (tertiary/aromatic N) is 3. The van der Waals surface area contributed by atoms with Gasteiger partial charge in [0.1, 0.15) is 5.82 Å². The maximum atomic E-state index is 14.7. The molecule has 130 valence electrons. The van der Waals surface area contributed by atoms with Gasteiger partial charge in [0.15, 0.2) is 0 Å². The highest BCUT2D eigenvalue weighted by atomic mass is 19.1. The van der Waals surface area contributed by atoms with Crippen LogP contribution in [0.5, 0.6) is 0 Å². The summed E-state index contributed by atoms with van der Waals surface area (Å²) in [7, 11) is 2.15. The largest absolute Gasteiger partial charge is 0.342 e. The molecule has 1 unspecified atom stereocenters. The van der Waals surface area contributed by atoms with Gasteiger partial charge in [-0.05, 0) is 50.6 Å². The molecule has 4 heteroatoms. The fourth-order valence-corrected chi connectivity index (χ4v) is 3.87. The Kier molecular flexibility index (Phi) is 4.08. The van der Waals surface area contributed by atoms with E-state index in [9.17, 15) is 4.39 Å². The highest BCUT2D eigenvalue weighted by molar-refractivity contribution is 5.86. The highest BCUT2D eigenvalue weighted by Gasteiger charge is 2.27. The number of halogens is 1. The Balaban J connectivity index is 1.77. The van der Waals surface area contributed by atoms with Gasteiger partial charge in [-0.25, -0.2) is 4.39 Å². The first-order valence-corrected chi connectivity index (χ1v) is 8.95. The lowest BCUT2D eigenvalue weighted by Crippen LogP contribution is -2.35. The summed E-state index contributed by atoms with van der Waals surface area (Å²) < 4.78 is 16.9. The summed E-state index contributed by atoms with van der Waals surface area (Å²) in [6, 6.07) is 10.1. The molecule has 0 saturated carbocycles. The number of fused-ring (bicyclic) bond motifs is 3. The van der Waals surface area contributed by atoms with E-state index in [0.717, 1.165) is 42.5 Å². The van der Waals surface area contributed by atoms with Crippen molar-refractivity contribution in [2.45, 2.75) is 45.8 Å². The second kappa shape index (κ2) is 6.26. The molecule has 3 nitrogen and oxygen atoms in total. The highest BCUT2D eigenvalue weighted by Crippen LogP contribution is 2.34. The van der Waals surface area contributed by atoms with Crippen LogP contribution in [0.15, 0.2) is 36.5 Å². The van der Waals surface area contributed by atoms with E-state index >= 15 is 0 Å². The molecule has 3 heterocycles. The monoisotopic (exact) mass is 337 g/mol. The van der Waals surface area contributed by atoms with Crippen LogP contribution in [-0.2, 0) is 25.9 Å². The maximum absolute atomic E-state index is 14.7. The molecule has 0 radical (unpaired) electrons. The molecular weight excluding hydrogens is 313 g/mol. The number of pyridine rings is 1. The summed E-state index contributed by atoms with van der Waals surface area (Å²) in [6.07, 6.45) is 3.76. The Morgan fingerprint density at radius 1 is 1.24 bits per heavy atom. The normalized spacial score (nSPS) is 17.8. The van der Waals surface area contributed by atoms with E-state index in [-0.39, 0.29) is 5.82 Å². The van der Waals surface area contributed by atoms with Crippen molar-refractivity contribution in [1.29, 1.82) is 0 Å². The summed E-state index contributed by atoms with van der Waals surface area (Å²) in [4.78, 5) is 6.73. The predicted octanol–water partition coefficient (Wildman–Crippen LogP) is 4.10. The topological polar surface area (TPSA) is 21.1 Å². The molecule has 25 heavy (non-hydrogen) atoms. The van der Waals surface area contributed by atoms with Crippen molar-refractivity contribution in [1.82, 2.24) is 14.5 Å². The molecule has 2 aromatic heterocycles. The van der Waals surface area contributed by atoms with Crippen molar-refractivity contribution in [2.24, 2.45) is 0 Å². The minimum absolute atomic E-state index is 0.121. The molecule has 1 aliphatic heterocycles. The van der Waals surface area contributed by atoms with Crippen molar-refractivity contribution >= 4 is 10.9 Å². The van der Waals surface area contributed by atoms with Crippen LogP contribution in [0.1, 0.15) is 29.4 Å². The van der Waals surface area contributed by atoms with Gasteiger partial charge in [-0.2, -0.15) is 0 Å². The molecule has 3 aromatic rings. The molecule has 4 rings (SSSR count). The zero-order valence-electron chi connectivity index (χ0n) is 15.1. The van der Waals surface area contributed by atoms with Crippen molar-refractivity contribution in [2.75, 3.05) is 7.05 Å².